The molecule has 1 aliphatic heterocycles. The summed E-state index contributed by atoms with van der Waals surface area (Å²) in [5.41, 5.74) is 0.815. The van der Waals surface area contributed by atoms with Crippen LogP contribution in [0.3, 0.4) is 0 Å². The van der Waals surface area contributed by atoms with Crippen molar-refractivity contribution in [2.75, 3.05) is 26.7 Å². The van der Waals surface area contributed by atoms with Gasteiger partial charge in [0.25, 0.3) is 5.89 Å². The number of hydrogen-bond donors (Lipinski definition) is 1. The van der Waals surface area contributed by atoms with E-state index in [4.69, 9.17) is 8.94 Å². The van der Waals surface area contributed by atoms with Gasteiger partial charge in [0.1, 0.15) is 6.26 Å². The number of nitrogens with zero attached hydrogens (tertiary/aromatic N) is 3. The van der Waals surface area contributed by atoms with Crippen molar-refractivity contribution < 1.29 is 8.94 Å². The molecule has 0 amide bonds. The van der Waals surface area contributed by atoms with Crippen molar-refractivity contribution in [3.8, 4) is 11.5 Å². The minimum atomic E-state index is 0.174. The van der Waals surface area contributed by atoms with Crippen molar-refractivity contribution in [1.82, 2.24) is 20.4 Å². The molecule has 1 N–H and O–H groups in total. The summed E-state index contributed by atoms with van der Waals surface area (Å²) in [5, 5.41) is 7.36. The molecule has 0 saturated carbocycles. The average molecular weight is 234 g/mol. The summed E-state index contributed by atoms with van der Waals surface area (Å²) >= 11 is 0. The van der Waals surface area contributed by atoms with Crippen LogP contribution < -0.4 is 5.32 Å². The third-order valence-corrected chi connectivity index (χ3v) is 3.02. The maximum absolute atomic E-state index is 5.24. The van der Waals surface area contributed by atoms with Gasteiger partial charge in [-0.1, -0.05) is 5.16 Å². The zero-order valence-electron chi connectivity index (χ0n) is 9.59. The van der Waals surface area contributed by atoms with Gasteiger partial charge >= 0.3 is 0 Å². The quantitative estimate of drug-likeness (QED) is 0.833. The second kappa shape index (κ2) is 4.31. The summed E-state index contributed by atoms with van der Waals surface area (Å²) < 4.78 is 10.2. The van der Waals surface area contributed by atoms with Crippen LogP contribution in [0.15, 0.2) is 27.5 Å². The van der Waals surface area contributed by atoms with Crippen LogP contribution in [0.1, 0.15) is 11.9 Å². The molecule has 1 fully saturated rings. The molecule has 2 aromatic rings. The lowest BCUT2D eigenvalue weighted by atomic mass is 10.2. The highest BCUT2D eigenvalue weighted by molar-refractivity contribution is 5.49. The normalized spacial score (nSPS) is 21.8. The Morgan fingerprint density at radius 2 is 2.47 bits per heavy atom. The van der Waals surface area contributed by atoms with Crippen LogP contribution in [0.25, 0.3) is 11.5 Å². The Balaban J connectivity index is 1.84. The van der Waals surface area contributed by atoms with Gasteiger partial charge in [0.2, 0.25) is 0 Å². The zero-order chi connectivity index (χ0) is 11.7. The summed E-state index contributed by atoms with van der Waals surface area (Å²) in [6.07, 6.45) is 3.19. The Labute approximate surface area is 98.6 Å². The van der Waals surface area contributed by atoms with Crippen molar-refractivity contribution >= 4 is 0 Å². The second-order valence-electron chi connectivity index (χ2n) is 4.17. The van der Waals surface area contributed by atoms with Gasteiger partial charge in [-0.2, -0.15) is 4.98 Å². The van der Waals surface area contributed by atoms with Crippen LogP contribution in [0, 0.1) is 0 Å². The van der Waals surface area contributed by atoms with E-state index in [1.54, 1.807) is 18.6 Å². The number of hydrogen-bond acceptors (Lipinski definition) is 6. The van der Waals surface area contributed by atoms with E-state index in [0.29, 0.717) is 5.89 Å². The fraction of sp³-hybridized carbons (Fsp3) is 0.455. The summed E-state index contributed by atoms with van der Waals surface area (Å²) in [4.78, 5) is 6.63. The molecule has 0 bridgehead atoms. The molecule has 0 aromatic carbocycles. The van der Waals surface area contributed by atoms with Gasteiger partial charge < -0.3 is 14.3 Å². The lowest BCUT2D eigenvalue weighted by Gasteiger charge is -2.30. The number of nitrogens with one attached hydrogen (secondary N) is 1. The standard InChI is InChI=1S/C11H14N4O2/c1-15-4-3-12-6-9(15)10-13-11(17-14-10)8-2-5-16-7-8/h2,5,7,9,12H,3-4,6H2,1H3. The minimum absolute atomic E-state index is 0.174. The van der Waals surface area contributed by atoms with Gasteiger partial charge in [0, 0.05) is 19.6 Å². The molecular weight excluding hydrogens is 220 g/mol. The molecule has 3 heterocycles. The maximum atomic E-state index is 5.24. The molecule has 0 radical (unpaired) electrons. The highest BCUT2D eigenvalue weighted by Crippen LogP contribution is 2.22. The molecule has 0 spiro atoms. The monoisotopic (exact) mass is 234 g/mol. The van der Waals surface area contributed by atoms with Crippen LogP contribution in [0.5, 0.6) is 0 Å². The predicted molar refractivity (Wildman–Crippen MR) is 60.2 cm³/mol. The Morgan fingerprint density at radius 1 is 1.53 bits per heavy atom. The number of likely N-dealkylation sites (N-methyl/N-ethyl adjacent to an activating group) is 1. The van der Waals surface area contributed by atoms with Crippen LogP contribution in [0.4, 0.5) is 0 Å². The fourth-order valence-corrected chi connectivity index (χ4v) is 1.97. The van der Waals surface area contributed by atoms with Crippen LogP contribution in [-0.2, 0) is 0 Å². The van der Waals surface area contributed by atoms with Crippen LogP contribution in [0.2, 0.25) is 0 Å². The first-order valence-electron chi connectivity index (χ1n) is 5.62. The maximum Gasteiger partial charge on any atom is 0.261 e. The topological polar surface area (TPSA) is 67.3 Å². The Kier molecular flexibility index (Phi) is 2.66. The summed E-state index contributed by atoms with van der Waals surface area (Å²) in [6, 6.07) is 1.98. The first kappa shape index (κ1) is 10.5. The highest BCUT2D eigenvalue weighted by atomic mass is 16.5. The van der Waals surface area contributed by atoms with E-state index in [0.717, 1.165) is 31.0 Å². The van der Waals surface area contributed by atoms with Gasteiger partial charge in [-0.05, 0) is 13.1 Å². The molecule has 1 saturated heterocycles. The third-order valence-electron chi connectivity index (χ3n) is 3.02. The SMILES string of the molecule is CN1CCNCC1c1noc(-c2ccoc2)n1. The first-order chi connectivity index (χ1) is 8.34. The molecule has 6 nitrogen and oxygen atoms in total. The van der Waals surface area contributed by atoms with E-state index in [1.165, 1.54) is 0 Å². The highest BCUT2D eigenvalue weighted by Gasteiger charge is 2.25. The summed E-state index contributed by atoms with van der Waals surface area (Å²) in [6.45, 7) is 2.83. The molecular formula is C11H14N4O2. The minimum Gasteiger partial charge on any atom is -0.472 e. The van der Waals surface area contributed by atoms with Gasteiger partial charge in [0.05, 0.1) is 17.9 Å². The molecule has 2 aromatic heterocycles. The van der Waals surface area contributed by atoms with Crippen LogP contribution >= 0.6 is 0 Å². The van der Waals surface area contributed by atoms with E-state index in [1.807, 2.05) is 0 Å². The average Bonchev–Trinajstić information content (AvgIpc) is 3.00. The van der Waals surface area contributed by atoms with E-state index in [-0.39, 0.29) is 6.04 Å². The van der Waals surface area contributed by atoms with Gasteiger partial charge in [-0.15, -0.1) is 0 Å². The van der Waals surface area contributed by atoms with Gasteiger partial charge in [-0.25, -0.2) is 0 Å². The largest absolute Gasteiger partial charge is 0.472 e. The summed E-state index contributed by atoms with van der Waals surface area (Å²) in [5.74, 6) is 1.23. The molecule has 0 aliphatic carbocycles. The van der Waals surface area contributed by atoms with Crippen molar-refractivity contribution in [1.29, 1.82) is 0 Å². The molecule has 3 rings (SSSR count). The van der Waals surface area contributed by atoms with Gasteiger partial charge in [0.15, 0.2) is 5.82 Å². The van der Waals surface area contributed by atoms with Gasteiger partial charge in [-0.3, -0.25) is 4.90 Å². The fourth-order valence-electron chi connectivity index (χ4n) is 1.97. The molecule has 90 valence electrons. The number of furan rings is 1. The number of rotatable bonds is 2. The second-order valence-corrected chi connectivity index (χ2v) is 4.17. The lowest BCUT2D eigenvalue weighted by molar-refractivity contribution is 0.190. The molecule has 1 atom stereocenters. The van der Waals surface area contributed by atoms with E-state index >= 15 is 0 Å². The molecule has 1 aliphatic rings. The van der Waals surface area contributed by atoms with Crippen molar-refractivity contribution in [2.45, 2.75) is 6.04 Å². The number of piperazine rings is 1. The molecule has 17 heavy (non-hydrogen) atoms. The smallest absolute Gasteiger partial charge is 0.261 e. The van der Waals surface area contributed by atoms with Crippen molar-refractivity contribution in [3.63, 3.8) is 0 Å². The molecule has 6 heteroatoms. The summed E-state index contributed by atoms with van der Waals surface area (Å²) in [7, 11) is 2.07. The number of aromatic nitrogens is 2. The Morgan fingerprint density at radius 3 is 3.24 bits per heavy atom. The predicted octanol–water partition coefficient (Wildman–Crippen LogP) is 0.906. The first-order valence-corrected chi connectivity index (χ1v) is 5.62. The molecule has 1 unspecified atom stereocenters. The lowest BCUT2D eigenvalue weighted by Crippen LogP contribution is -2.44. The van der Waals surface area contributed by atoms with E-state index in [2.05, 4.69) is 27.4 Å². The Hall–Kier alpha value is -1.66. The van der Waals surface area contributed by atoms with E-state index < -0.39 is 0 Å². The third kappa shape index (κ3) is 1.96. The van der Waals surface area contributed by atoms with Crippen LogP contribution in [-0.4, -0.2) is 41.7 Å². The zero-order valence-corrected chi connectivity index (χ0v) is 9.59. The van der Waals surface area contributed by atoms with E-state index in [9.17, 15) is 0 Å². The van der Waals surface area contributed by atoms with Crippen molar-refractivity contribution in [3.05, 3.63) is 24.4 Å². The van der Waals surface area contributed by atoms with Crippen molar-refractivity contribution in [2.24, 2.45) is 0 Å². The Bertz CT molecular complexity index is 479.